The normalized spacial score (nSPS) is 17.4. The molecule has 1 aliphatic rings. The van der Waals surface area contributed by atoms with Gasteiger partial charge >= 0.3 is 0 Å². The van der Waals surface area contributed by atoms with Gasteiger partial charge in [0.15, 0.2) is 11.5 Å². The first-order valence-corrected chi connectivity index (χ1v) is 7.70. The van der Waals surface area contributed by atoms with Crippen molar-refractivity contribution >= 4 is 11.6 Å². The van der Waals surface area contributed by atoms with Crippen LogP contribution in [0.15, 0.2) is 6.07 Å². The maximum absolute atomic E-state index is 6.61. The second kappa shape index (κ2) is 6.75. The summed E-state index contributed by atoms with van der Waals surface area (Å²) >= 11 is 6.61. The van der Waals surface area contributed by atoms with Crippen molar-refractivity contribution in [3.05, 3.63) is 16.7 Å². The van der Waals surface area contributed by atoms with Crippen molar-refractivity contribution in [3.8, 4) is 17.2 Å². The highest BCUT2D eigenvalue weighted by atomic mass is 35.5. The number of halogens is 1. The summed E-state index contributed by atoms with van der Waals surface area (Å²) in [4.78, 5) is 0. The van der Waals surface area contributed by atoms with Crippen molar-refractivity contribution < 1.29 is 14.2 Å². The van der Waals surface area contributed by atoms with E-state index in [1.54, 1.807) is 27.4 Å². The first-order valence-electron chi connectivity index (χ1n) is 7.32. The Morgan fingerprint density at radius 1 is 1.05 bits per heavy atom. The summed E-state index contributed by atoms with van der Waals surface area (Å²) in [6.07, 6.45) is 5.56. The summed E-state index contributed by atoms with van der Waals surface area (Å²) in [6, 6.07) is 1.76. The van der Waals surface area contributed by atoms with E-state index in [4.69, 9.17) is 31.5 Å². The Bertz CT molecular complexity index is 499. The third kappa shape index (κ3) is 2.79. The van der Waals surface area contributed by atoms with Gasteiger partial charge in [-0.1, -0.05) is 30.9 Å². The van der Waals surface area contributed by atoms with E-state index < -0.39 is 0 Å². The zero-order chi connectivity index (χ0) is 15.5. The molecule has 0 spiro atoms. The molecule has 0 heterocycles. The lowest BCUT2D eigenvalue weighted by Gasteiger charge is -2.38. The Morgan fingerprint density at radius 2 is 1.67 bits per heavy atom. The smallest absolute Gasteiger partial charge is 0.166 e. The largest absolute Gasteiger partial charge is 0.495 e. The average Bonchev–Trinajstić information content (AvgIpc) is 2.54. The van der Waals surface area contributed by atoms with E-state index in [9.17, 15) is 0 Å². The molecule has 1 aromatic carbocycles. The molecule has 118 valence electrons. The van der Waals surface area contributed by atoms with Crippen LogP contribution in [0.4, 0.5) is 0 Å². The Balaban J connectivity index is 2.69. The summed E-state index contributed by atoms with van der Waals surface area (Å²) in [5.41, 5.74) is 6.92. The summed E-state index contributed by atoms with van der Waals surface area (Å²) in [7, 11) is 4.86. The zero-order valence-electron chi connectivity index (χ0n) is 13.0. The van der Waals surface area contributed by atoms with Crippen LogP contribution >= 0.6 is 11.6 Å². The van der Waals surface area contributed by atoms with Gasteiger partial charge in [-0.3, -0.25) is 0 Å². The fourth-order valence-electron chi connectivity index (χ4n) is 3.36. The molecule has 0 amide bonds. The Hall–Kier alpha value is -1.13. The molecule has 1 aliphatic carbocycles. The monoisotopic (exact) mass is 313 g/mol. The van der Waals surface area contributed by atoms with Crippen molar-refractivity contribution in [1.29, 1.82) is 0 Å². The highest BCUT2D eigenvalue weighted by Gasteiger charge is 2.39. The maximum atomic E-state index is 6.61. The van der Waals surface area contributed by atoms with Crippen molar-refractivity contribution in [1.82, 2.24) is 0 Å². The van der Waals surface area contributed by atoms with Gasteiger partial charge < -0.3 is 19.9 Å². The lowest BCUT2D eigenvalue weighted by molar-refractivity contribution is 0.279. The minimum absolute atomic E-state index is 0.164. The van der Waals surface area contributed by atoms with Gasteiger partial charge in [-0.05, 0) is 12.8 Å². The highest BCUT2D eigenvalue weighted by Crippen LogP contribution is 2.52. The topological polar surface area (TPSA) is 53.7 Å². The minimum atomic E-state index is -0.164. The molecule has 0 bridgehead atoms. The number of benzene rings is 1. The lowest BCUT2D eigenvalue weighted by atomic mass is 9.69. The number of rotatable bonds is 5. The Labute approximate surface area is 131 Å². The predicted octanol–water partition coefficient (Wildman–Crippen LogP) is 3.53. The summed E-state index contributed by atoms with van der Waals surface area (Å²) in [6.45, 7) is 0.541. The van der Waals surface area contributed by atoms with Gasteiger partial charge in [0.2, 0.25) is 0 Å². The first kappa shape index (κ1) is 16.2. The molecule has 2 N–H and O–H groups in total. The summed E-state index contributed by atoms with van der Waals surface area (Å²) in [5, 5.41) is 0.586. The van der Waals surface area contributed by atoms with Crippen molar-refractivity contribution in [2.24, 2.45) is 5.73 Å². The van der Waals surface area contributed by atoms with Crippen LogP contribution in [0.1, 0.15) is 37.7 Å². The van der Waals surface area contributed by atoms with Crippen LogP contribution < -0.4 is 19.9 Å². The van der Waals surface area contributed by atoms with Gasteiger partial charge in [0.05, 0.1) is 26.4 Å². The van der Waals surface area contributed by atoms with Crippen LogP contribution in [0, 0.1) is 0 Å². The van der Waals surface area contributed by atoms with Gasteiger partial charge in [0, 0.05) is 23.6 Å². The van der Waals surface area contributed by atoms with Gasteiger partial charge in [0.25, 0.3) is 0 Å². The summed E-state index contributed by atoms with van der Waals surface area (Å²) < 4.78 is 16.5. The standard InChI is InChI=1S/C16H24ClNO3/c1-19-11-9-12(20-2)15(21-3)13(14(11)17)16(10-18)7-5-4-6-8-16/h9H,4-8,10,18H2,1-3H3. The van der Waals surface area contributed by atoms with Gasteiger partial charge in [-0.15, -0.1) is 0 Å². The molecular weight excluding hydrogens is 290 g/mol. The number of hydrogen-bond donors (Lipinski definition) is 1. The van der Waals surface area contributed by atoms with Crippen LogP contribution in [-0.4, -0.2) is 27.9 Å². The van der Waals surface area contributed by atoms with Crippen molar-refractivity contribution in [2.45, 2.75) is 37.5 Å². The molecule has 4 nitrogen and oxygen atoms in total. The van der Waals surface area contributed by atoms with E-state index in [1.807, 2.05) is 0 Å². The highest BCUT2D eigenvalue weighted by molar-refractivity contribution is 6.33. The Morgan fingerprint density at radius 3 is 2.14 bits per heavy atom. The van der Waals surface area contributed by atoms with E-state index in [0.717, 1.165) is 31.2 Å². The van der Waals surface area contributed by atoms with Crippen molar-refractivity contribution in [2.75, 3.05) is 27.9 Å². The number of methoxy groups -OCH3 is 3. The van der Waals surface area contributed by atoms with Crippen molar-refractivity contribution in [3.63, 3.8) is 0 Å². The van der Waals surface area contributed by atoms with Gasteiger partial charge in [-0.2, -0.15) is 0 Å². The molecule has 0 saturated heterocycles. The quantitative estimate of drug-likeness (QED) is 0.903. The SMILES string of the molecule is COc1cc(OC)c(OC)c(C2(CN)CCCCC2)c1Cl. The van der Waals surface area contributed by atoms with E-state index in [0.29, 0.717) is 28.8 Å². The molecule has 0 radical (unpaired) electrons. The molecular formula is C16H24ClNO3. The number of hydrogen-bond acceptors (Lipinski definition) is 4. The number of ether oxygens (including phenoxy) is 3. The summed E-state index contributed by atoms with van der Waals surface area (Å²) in [5.74, 6) is 1.91. The van der Waals surface area contributed by atoms with Crippen LogP contribution in [0.25, 0.3) is 0 Å². The van der Waals surface area contributed by atoms with E-state index in [1.165, 1.54) is 6.42 Å². The van der Waals surface area contributed by atoms with E-state index in [-0.39, 0.29) is 5.41 Å². The molecule has 2 rings (SSSR count). The molecule has 1 saturated carbocycles. The molecule has 0 atom stereocenters. The van der Waals surface area contributed by atoms with Crippen LogP contribution in [-0.2, 0) is 5.41 Å². The van der Waals surface area contributed by atoms with Gasteiger partial charge in [0.1, 0.15) is 5.75 Å². The molecule has 0 unspecified atom stereocenters. The second-order valence-electron chi connectivity index (χ2n) is 5.55. The second-order valence-corrected chi connectivity index (χ2v) is 5.93. The molecule has 0 aromatic heterocycles. The van der Waals surface area contributed by atoms with Gasteiger partial charge in [-0.25, -0.2) is 0 Å². The fourth-order valence-corrected chi connectivity index (χ4v) is 3.77. The average molecular weight is 314 g/mol. The fraction of sp³-hybridized carbons (Fsp3) is 0.625. The minimum Gasteiger partial charge on any atom is -0.495 e. The third-order valence-corrected chi connectivity index (χ3v) is 4.90. The van der Waals surface area contributed by atoms with Crippen LogP contribution in [0.2, 0.25) is 5.02 Å². The zero-order valence-corrected chi connectivity index (χ0v) is 13.8. The van der Waals surface area contributed by atoms with E-state index in [2.05, 4.69) is 0 Å². The van der Waals surface area contributed by atoms with Crippen LogP contribution in [0.5, 0.6) is 17.2 Å². The number of nitrogens with two attached hydrogens (primary N) is 1. The maximum Gasteiger partial charge on any atom is 0.166 e. The predicted molar refractivity (Wildman–Crippen MR) is 84.9 cm³/mol. The van der Waals surface area contributed by atoms with E-state index >= 15 is 0 Å². The molecule has 21 heavy (non-hydrogen) atoms. The van der Waals surface area contributed by atoms with Crippen LogP contribution in [0.3, 0.4) is 0 Å². The molecule has 0 aliphatic heterocycles. The molecule has 1 aromatic rings. The molecule has 5 heteroatoms. The third-order valence-electron chi connectivity index (χ3n) is 4.52. The Kier molecular flexibility index (Phi) is 5.22. The lowest BCUT2D eigenvalue weighted by Crippen LogP contribution is -2.38. The molecule has 1 fully saturated rings. The first-order chi connectivity index (χ1) is 10.1.